The molecule has 3 heterocycles. The van der Waals surface area contributed by atoms with E-state index in [0.29, 0.717) is 5.95 Å². The van der Waals surface area contributed by atoms with Gasteiger partial charge in [0.2, 0.25) is 5.95 Å². The van der Waals surface area contributed by atoms with E-state index < -0.39 is 0 Å². The second-order valence-corrected chi connectivity index (χ2v) is 5.59. The highest BCUT2D eigenvalue weighted by Gasteiger charge is 2.04. The lowest BCUT2D eigenvalue weighted by Crippen LogP contribution is -2.13. The van der Waals surface area contributed by atoms with E-state index in [0.717, 1.165) is 21.5 Å². The van der Waals surface area contributed by atoms with Gasteiger partial charge in [0.05, 0.1) is 10.2 Å². The van der Waals surface area contributed by atoms with Crippen LogP contribution in [0.2, 0.25) is 0 Å². The van der Waals surface area contributed by atoms with Gasteiger partial charge in [-0.1, -0.05) is 6.07 Å². The molecule has 0 bridgehead atoms. The van der Waals surface area contributed by atoms with Crippen molar-refractivity contribution in [3.8, 4) is 0 Å². The summed E-state index contributed by atoms with van der Waals surface area (Å²) in [4.78, 5) is 14.9. The average molecular weight is 344 g/mol. The standard InChI is InChI=1S/C15H14BrN5/c1-20(2)15-18-10-12(16)13(19-15)7-6-11-4-3-5-14-17-8-9-21(11)14/h3-10H,1-2H3. The van der Waals surface area contributed by atoms with Crippen LogP contribution in [0.15, 0.2) is 41.3 Å². The summed E-state index contributed by atoms with van der Waals surface area (Å²) in [5, 5.41) is 0. The van der Waals surface area contributed by atoms with Gasteiger partial charge in [-0.2, -0.15) is 0 Å². The van der Waals surface area contributed by atoms with Crippen molar-refractivity contribution in [3.63, 3.8) is 0 Å². The van der Waals surface area contributed by atoms with Crippen LogP contribution in [0.25, 0.3) is 17.8 Å². The van der Waals surface area contributed by atoms with Crippen LogP contribution in [0, 0.1) is 0 Å². The molecule has 0 amide bonds. The summed E-state index contributed by atoms with van der Waals surface area (Å²) in [6.45, 7) is 0. The van der Waals surface area contributed by atoms with Crippen LogP contribution in [-0.4, -0.2) is 33.4 Å². The zero-order chi connectivity index (χ0) is 14.8. The molecule has 0 aliphatic rings. The highest BCUT2D eigenvalue weighted by molar-refractivity contribution is 9.10. The van der Waals surface area contributed by atoms with E-state index in [2.05, 4.69) is 30.9 Å². The molecule has 106 valence electrons. The predicted octanol–water partition coefficient (Wildman–Crippen LogP) is 3.12. The molecular weight excluding hydrogens is 330 g/mol. The van der Waals surface area contributed by atoms with Crippen LogP contribution >= 0.6 is 15.9 Å². The summed E-state index contributed by atoms with van der Waals surface area (Å²) >= 11 is 3.48. The Bertz CT molecular complexity index is 807. The monoisotopic (exact) mass is 343 g/mol. The smallest absolute Gasteiger partial charge is 0.225 e. The topological polar surface area (TPSA) is 46.3 Å². The molecule has 0 N–H and O–H groups in total. The maximum absolute atomic E-state index is 4.51. The van der Waals surface area contributed by atoms with Crippen molar-refractivity contribution in [2.24, 2.45) is 0 Å². The van der Waals surface area contributed by atoms with Crippen molar-refractivity contribution in [2.75, 3.05) is 19.0 Å². The van der Waals surface area contributed by atoms with Crippen LogP contribution in [0.4, 0.5) is 5.95 Å². The van der Waals surface area contributed by atoms with E-state index in [1.54, 1.807) is 12.4 Å². The summed E-state index contributed by atoms with van der Waals surface area (Å²) < 4.78 is 2.89. The number of nitrogens with zero attached hydrogens (tertiary/aromatic N) is 5. The molecule has 3 aromatic heterocycles. The lowest BCUT2D eigenvalue weighted by Gasteiger charge is -2.10. The quantitative estimate of drug-likeness (QED) is 0.732. The first-order valence-corrected chi connectivity index (χ1v) is 7.24. The Kier molecular flexibility index (Phi) is 3.70. The van der Waals surface area contributed by atoms with Crippen molar-refractivity contribution >= 4 is 39.7 Å². The van der Waals surface area contributed by atoms with Gasteiger partial charge >= 0.3 is 0 Å². The Balaban J connectivity index is 1.99. The summed E-state index contributed by atoms with van der Waals surface area (Å²) in [5.41, 5.74) is 2.81. The Morgan fingerprint density at radius 1 is 1.19 bits per heavy atom. The molecule has 3 aromatic rings. The minimum atomic E-state index is 0.679. The van der Waals surface area contributed by atoms with Gasteiger partial charge in [-0.15, -0.1) is 0 Å². The van der Waals surface area contributed by atoms with Gasteiger partial charge in [-0.25, -0.2) is 15.0 Å². The summed E-state index contributed by atoms with van der Waals surface area (Å²) in [7, 11) is 3.84. The molecule has 0 aliphatic heterocycles. The number of anilines is 1. The Morgan fingerprint density at radius 2 is 2.05 bits per heavy atom. The molecule has 0 radical (unpaired) electrons. The van der Waals surface area contributed by atoms with Crippen molar-refractivity contribution in [2.45, 2.75) is 0 Å². The van der Waals surface area contributed by atoms with Gasteiger partial charge in [0.25, 0.3) is 0 Å². The number of aromatic nitrogens is 4. The van der Waals surface area contributed by atoms with Crippen molar-refractivity contribution in [1.29, 1.82) is 0 Å². The van der Waals surface area contributed by atoms with Crippen LogP contribution < -0.4 is 4.90 Å². The van der Waals surface area contributed by atoms with Gasteiger partial charge < -0.3 is 9.30 Å². The molecule has 0 saturated heterocycles. The van der Waals surface area contributed by atoms with Gasteiger partial charge in [-0.05, 0) is 40.2 Å². The van der Waals surface area contributed by atoms with Crippen LogP contribution in [-0.2, 0) is 0 Å². The zero-order valence-corrected chi connectivity index (χ0v) is 13.3. The molecule has 0 aromatic carbocycles. The molecule has 3 rings (SSSR count). The number of hydrogen-bond acceptors (Lipinski definition) is 4. The number of rotatable bonds is 3. The number of imidazole rings is 1. The average Bonchev–Trinajstić information content (AvgIpc) is 2.95. The summed E-state index contributed by atoms with van der Waals surface area (Å²) in [5.74, 6) is 0.679. The third kappa shape index (κ3) is 2.80. The first-order valence-electron chi connectivity index (χ1n) is 6.45. The van der Waals surface area contributed by atoms with Crippen molar-refractivity contribution in [3.05, 3.63) is 52.7 Å². The van der Waals surface area contributed by atoms with E-state index in [-0.39, 0.29) is 0 Å². The maximum Gasteiger partial charge on any atom is 0.225 e. The predicted molar refractivity (Wildman–Crippen MR) is 88.2 cm³/mol. The first-order chi connectivity index (χ1) is 10.1. The Labute approximate surface area is 131 Å². The SMILES string of the molecule is CN(C)c1ncc(Br)c(C=Cc2cccc3nccn23)n1. The fraction of sp³-hybridized carbons (Fsp3) is 0.133. The van der Waals surface area contributed by atoms with E-state index >= 15 is 0 Å². The Morgan fingerprint density at radius 3 is 2.86 bits per heavy atom. The zero-order valence-electron chi connectivity index (χ0n) is 11.7. The molecular formula is C15H14BrN5. The minimum absolute atomic E-state index is 0.679. The fourth-order valence-electron chi connectivity index (χ4n) is 1.97. The second-order valence-electron chi connectivity index (χ2n) is 4.74. The lowest BCUT2D eigenvalue weighted by atomic mass is 10.3. The van der Waals surface area contributed by atoms with Gasteiger partial charge in [0, 0.05) is 38.4 Å². The highest BCUT2D eigenvalue weighted by Crippen LogP contribution is 2.19. The number of fused-ring (bicyclic) bond motifs is 1. The normalized spacial score (nSPS) is 11.4. The lowest BCUT2D eigenvalue weighted by molar-refractivity contribution is 0.988. The molecule has 0 spiro atoms. The number of pyridine rings is 1. The molecule has 6 heteroatoms. The van der Waals surface area contributed by atoms with E-state index in [1.165, 1.54) is 0 Å². The van der Waals surface area contributed by atoms with Crippen molar-refractivity contribution in [1.82, 2.24) is 19.4 Å². The van der Waals surface area contributed by atoms with Gasteiger partial charge in [-0.3, -0.25) is 0 Å². The molecule has 21 heavy (non-hydrogen) atoms. The summed E-state index contributed by atoms with van der Waals surface area (Å²) in [6, 6.07) is 6.00. The first kappa shape index (κ1) is 13.8. The fourth-order valence-corrected chi connectivity index (χ4v) is 2.30. The van der Waals surface area contributed by atoms with E-state index in [4.69, 9.17) is 0 Å². The molecule has 5 nitrogen and oxygen atoms in total. The van der Waals surface area contributed by atoms with Crippen molar-refractivity contribution < 1.29 is 0 Å². The van der Waals surface area contributed by atoms with Gasteiger partial charge in [0.1, 0.15) is 5.65 Å². The van der Waals surface area contributed by atoms with Gasteiger partial charge in [0.15, 0.2) is 0 Å². The molecule has 0 atom stereocenters. The third-order valence-electron chi connectivity index (χ3n) is 3.03. The van der Waals surface area contributed by atoms with Crippen LogP contribution in [0.3, 0.4) is 0 Å². The van der Waals surface area contributed by atoms with E-state index in [9.17, 15) is 0 Å². The largest absolute Gasteiger partial charge is 0.347 e. The molecule has 0 saturated carbocycles. The second kappa shape index (κ2) is 5.65. The maximum atomic E-state index is 4.51. The Hall–Kier alpha value is -2.21. The summed E-state index contributed by atoms with van der Waals surface area (Å²) in [6.07, 6.45) is 9.47. The number of halogens is 1. The highest BCUT2D eigenvalue weighted by atomic mass is 79.9. The molecule has 0 fully saturated rings. The van der Waals surface area contributed by atoms with E-state index in [1.807, 2.05) is 59.9 Å². The third-order valence-corrected chi connectivity index (χ3v) is 3.64. The molecule has 0 unspecified atom stereocenters. The van der Waals surface area contributed by atoms with Crippen LogP contribution in [0.1, 0.15) is 11.4 Å². The molecule has 0 aliphatic carbocycles. The van der Waals surface area contributed by atoms with Crippen LogP contribution in [0.5, 0.6) is 0 Å². The number of hydrogen-bond donors (Lipinski definition) is 0. The minimum Gasteiger partial charge on any atom is -0.347 e.